The van der Waals surface area contributed by atoms with E-state index in [0.29, 0.717) is 0 Å². The lowest BCUT2D eigenvalue weighted by molar-refractivity contribution is -0.181. The highest BCUT2D eigenvalue weighted by Gasteiger charge is 2.45. The topological polar surface area (TPSA) is 38.7 Å². The van der Waals surface area contributed by atoms with Crippen LogP contribution in [0.2, 0.25) is 0 Å². The minimum absolute atomic E-state index is 0.0126. The predicted molar refractivity (Wildman–Crippen MR) is 65.5 cm³/mol. The first-order chi connectivity index (χ1) is 8.24. The molecule has 1 fully saturated rings. The maximum absolute atomic E-state index is 9.42. The molecule has 94 valence electrons. The van der Waals surface area contributed by atoms with Crippen molar-refractivity contribution in [2.75, 3.05) is 6.61 Å². The van der Waals surface area contributed by atoms with Gasteiger partial charge in [-0.3, -0.25) is 0 Å². The van der Waals surface area contributed by atoms with Crippen LogP contribution in [-0.4, -0.2) is 23.6 Å². The Bertz CT molecular complexity index is 346. The van der Waals surface area contributed by atoms with Gasteiger partial charge in [0.05, 0.1) is 6.61 Å². The van der Waals surface area contributed by atoms with Crippen molar-refractivity contribution in [2.45, 2.75) is 44.7 Å². The molecule has 1 aliphatic heterocycles. The van der Waals surface area contributed by atoms with Crippen molar-refractivity contribution in [1.82, 2.24) is 0 Å². The van der Waals surface area contributed by atoms with Crippen LogP contribution in [-0.2, 0) is 9.47 Å². The number of hydrogen-bond donors (Lipinski definition) is 1. The molecule has 1 aromatic carbocycles. The van der Waals surface area contributed by atoms with Gasteiger partial charge in [0.1, 0.15) is 12.2 Å². The lowest BCUT2D eigenvalue weighted by atomic mass is 10.1. The molecule has 2 rings (SSSR count). The molecule has 1 saturated heterocycles. The van der Waals surface area contributed by atoms with E-state index in [1.54, 1.807) is 0 Å². The summed E-state index contributed by atoms with van der Waals surface area (Å²) in [5, 5.41) is 9.42. The van der Waals surface area contributed by atoms with E-state index in [-0.39, 0.29) is 18.8 Å². The van der Waals surface area contributed by atoms with Crippen LogP contribution in [0.3, 0.4) is 0 Å². The van der Waals surface area contributed by atoms with E-state index in [0.717, 1.165) is 18.4 Å². The second-order valence-corrected chi connectivity index (χ2v) is 4.41. The highest BCUT2D eigenvalue weighted by Crippen LogP contribution is 2.41. The first-order valence-electron chi connectivity index (χ1n) is 6.26. The maximum Gasteiger partial charge on any atom is 0.169 e. The molecule has 17 heavy (non-hydrogen) atoms. The Hall–Kier alpha value is -0.900. The third-order valence-corrected chi connectivity index (χ3v) is 3.43. The normalized spacial score (nSPS) is 27.2. The van der Waals surface area contributed by atoms with Gasteiger partial charge >= 0.3 is 0 Å². The Morgan fingerprint density at radius 3 is 2.29 bits per heavy atom. The number of benzene rings is 1. The molecule has 1 N–H and O–H groups in total. The van der Waals surface area contributed by atoms with Crippen molar-refractivity contribution >= 4 is 0 Å². The fourth-order valence-corrected chi connectivity index (χ4v) is 2.31. The molecule has 1 aliphatic rings. The lowest BCUT2D eigenvalue weighted by Crippen LogP contribution is -2.29. The van der Waals surface area contributed by atoms with Crippen molar-refractivity contribution in [3.8, 4) is 0 Å². The van der Waals surface area contributed by atoms with Gasteiger partial charge in [-0.1, -0.05) is 44.2 Å². The van der Waals surface area contributed by atoms with E-state index in [1.165, 1.54) is 0 Å². The van der Waals surface area contributed by atoms with Crippen LogP contribution in [0.5, 0.6) is 0 Å². The molecular formula is C14H20O3. The summed E-state index contributed by atoms with van der Waals surface area (Å²) in [6, 6.07) is 9.95. The van der Waals surface area contributed by atoms with Crippen molar-refractivity contribution in [2.24, 2.45) is 0 Å². The summed E-state index contributed by atoms with van der Waals surface area (Å²) >= 11 is 0. The van der Waals surface area contributed by atoms with Gasteiger partial charge in [0, 0.05) is 0 Å². The summed E-state index contributed by atoms with van der Waals surface area (Å²) in [6.07, 6.45) is 1.16. The standard InChI is InChI=1S/C14H20O3/c1-3-14(4-2)16-12(10-15)13(17-14)11-8-6-5-7-9-11/h5-9,12-13,15H,3-4,10H2,1-2H3. The van der Waals surface area contributed by atoms with E-state index < -0.39 is 5.79 Å². The number of rotatable bonds is 4. The van der Waals surface area contributed by atoms with Gasteiger partial charge in [-0.2, -0.15) is 0 Å². The molecule has 0 spiro atoms. The molecule has 0 radical (unpaired) electrons. The molecule has 1 heterocycles. The smallest absolute Gasteiger partial charge is 0.169 e. The van der Waals surface area contributed by atoms with Crippen LogP contribution >= 0.6 is 0 Å². The molecule has 0 saturated carbocycles. The quantitative estimate of drug-likeness (QED) is 0.873. The largest absolute Gasteiger partial charge is 0.394 e. The van der Waals surface area contributed by atoms with E-state index in [2.05, 4.69) is 0 Å². The average Bonchev–Trinajstić information content (AvgIpc) is 2.79. The molecule has 3 nitrogen and oxygen atoms in total. The van der Waals surface area contributed by atoms with E-state index in [4.69, 9.17) is 9.47 Å². The second kappa shape index (κ2) is 5.17. The molecule has 0 aliphatic carbocycles. The third-order valence-electron chi connectivity index (χ3n) is 3.43. The van der Waals surface area contributed by atoms with Gasteiger partial charge in [-0.15, -0.1) is 0 Å². The molecule has 0 amide bonds. The minimum atomic E-state index is -0.534. The van der Waals surface area contributed by atoms with E-state index in [9.17, 15) is 5.11 Å². The highest BCUT2D eigenvalue weighted by molar-refractivity contribution is 5.20. The number of hydrogen-bond acceptors (Lipinski definition) is 3. The maximum atomic E-state index is 9.42. The summed E-state index contributed by atoms with van der Waals surface area (Å²) in [5.74, 6) is -0.534. The summed E-state index contributed by atoms with van der Waals surface area (Å²) in [6.45, 7) is 4.08. The van der Waals surface area contributed by atoms with Gasteiger partial charge in [0.15, 0.2) is 5.79 Å². The molecule has 0 aromatic heterocycles. The van der Waals surface area contributed by atoms with Crippen molar-refractivity contribution in [1.29, 1.82) is 0 Å². The molecule has 3 heteroatoms. The van der Waals surface area contributed by atoms with Crippen LogP contribution in [0.25, 0.3) is 0 Å². The monoisotopic (exact) mass is 236 g/mol. The number of aliphatic hydroxyl groups excluding tert-OH is 1. The first kappa shape index (κ1) is 12.6. The van der Waals surface area contributed by atoms with Crippen molar-refractivity contribution in [3.05, 3.63) is 35.9 Å². The van der Waals surface area contributed by atoms with Crippen molar-refractivity contribution in [3.63, 3.8) is 0 Å². The Kier molecular flexibility index (Phi) is 3.82. The van der Waals surface area contributed by atoms with Gasteiger partial charge in [-0.05, 0) is 18.4 Å². The summed E-state index contributed by atoms with van der Waals surface area (Å²) in [7, 11) is 0. The van der Waals surface area contributed by atoms with E-state index in [1.807, 2.05) is 44.2 Å². The Balaban J connectivity index is 2.23. The summed E-state index contributed by atoms with van der Waals surface area (Å²) < 4.78 is 11.9. The predicted octanol–water partition coefficient (Wildman–Crippen LogP) is 2.65. The fourth-order valence-electron chi connectivity index (χ4n) is 2.31. The van der Waals surface area contributed by atoms with Crippen molar-refractivity contribution < 1.29 is 14.6 Å². The zero-order valence-corrected chi connectivity index (χ0v) is 10.4. The fraction of sp³-hybridized carbons (Fsp3) is 0.571. The van der Waals surface area contributed by atoms with Gasteiger partial charge < -0.3 is 14.6 Å². The average molecular weight is 236 g/mol. The summed E-state index contributed by atoms with van der Waals surface area (Å²) in [5.41, 5.74) is 1.07. The van der Waals surface area contributed by atoms with Gasteiger partial charge in [0.2, 0.25) is 0 Å². The Morgan fingerprint density at radius 1 is 1.12 bits per heavy atom. The van der Waals surface area contributed by atoms with Gasteiger partial charge in [0.25, 0.3) is 0 Å². The highest BCUT2D eigenvalue weighted by atomic mass is 16.8. The Labute approximate surface area is 102 Å². The SMILES string of the molecule is CCC1(CC)OC(CO)C(c2ccccc2)O1. The second-order valence-electron chi connectivity index (χ2n) is 4.41. The number of ether oxygens (including phenoxy) is 2. The van der Waals surface area contributed by atoms with Crippen LogP contribution in [0.1, 0.15) is 38.4 Å². The van der Waals surface area contributed by atoms with Crippen LogP contribution in [0.15, 0.2) is 30.3 Å². The zero-order chi connectivity index (χ0) is 12.3. The molecule has 2 unspecified atom stereocenters. The first-order valence-corrected chi connectivity index (χ1v) is 6.26. The lowest BCUT2D eigenvalue weighted by Gasteiger charge is -2.25. The van der Waals surface area contributed by atoms with Crippen LogP contribution in [0, 0.1) is 0 Å². The zero-order valence-electron chi connectivity index (χ0n) is 10.4. The summed E-state index contributed by atoms with van der Waals surface area (Å²) in [4.78, 5) is 0. The molecule has 1 aromatic rings. The van der Waals surface area contributed by atoms with E-state index >= 15 is 0 Å². The Morgan fingerprint density at radius 2 is 1.76 bits per heavy atom. The number of aliphatic hydroxyl groups is 1. The van der Waals surface area contributed by atoms with Crippen LogP contribution in [0.4, 0.5) is 0 Å². The molecular weight excluding hydrogens is 216 g/mol. The minimum Gasteiger partial charge on any atom is -0.394 e. The third kappa shape index (κ3) is 2.37. The molecule has 2 atom stereocenters. The van der Waals surface area contributed by atoms with Crippen LogP contribution < -0.4 is 0 Å². The molecule has 0 bridgehead atoms. The van der Waals surface area contributed by atoms with Gasteiger partial charge in [-0.25, -0.2) is 0 Å².